The van der Waals surface area contributed by atoms with Crippen LogP contribution in [0.3, 0.4) is 0 Å². The van der Waals surface area contributed by atoms with Crippen LogP contribution in [-0.2, 0) is 4.79 Å². The SMILES string of the molecule is Cc1cc(C(=O)NNC(=O)CNC(=O)c2cccc(Cl)c2)c(C)o1. The van der Waals surface area contributed by atoms with Gasteiger partial charge in [0.1, 0.15) is 11.5 Å². The molecule has 0 aliphatic rings. The van der Waals surface area contributed by atoms with Crippen LogP contribution in [0.15, 0.2) is 34.7 Å². The molecule has 0 saturated heterocycles. The highest BCUT2D eigenvalue weighted by Gasteiger charge is 2.14. The molecule has 24 heavy (non-hydrogen) atoms. The van der Waals surface area contributed by atoms with Gasteiger partial charge in [-0.05, 0) is 38.1 Å². The van der Waals surface area contributed by atoms with Gasteiger partial charge in [0.25, 0.3) is 17.7 Å². The summed E-state index contributed by atoms with van der Waals surface area (Å²) in [5.74, 6) is -0.470. The first-order chi connectivity index (χ1) is 11.4. The molecule has 3 N–H and O–H groups in total. The Morgan fingerprint density at radius 3 is 2.46 bits per heavy atom. The van der Waals surface area contributed by atoms with Gasteiger partial charge in [-0.3, -0.25) is 25.2 Å². The molecule has 7 nitrogen and oxygen atoms in total. The molecule has 3 amide bonds. The van der Waals surface area contributed by atoms with E-state index in [-0.39, 0.29) is 6.54 Å². The van der Waals surface area contributed by atoms with E-state index in [2.05, 4.69) is 16.2 Å². The van der Waals surface area contributed by atoms with Crippen LogP contribution in [0, 0.1) is 13.8 Å². The number of benzene rings is 1. The maximum absolute atomic E-state index is 11.9. The number of hydrogen-bond donors (Lipinski definition) is 3. The second-order valence-electron chi connectivity index (χ2n) is 5.02. The third-order valence-corrected chi connectivity index (χ3v) is 3.33. The van der Waals surface area contributed by atoms with Crippen molar-refractivity contribution in [3.63, 3.8) is 0 Å². The van der Waals surface area contributed by atoms with Gasteiger partial charge < -0.3 is 9.73 Å². The molecule has 0 spiro atoms. The lowest BCUT2D eigenvalue weighted by atomic mass is 10.2. The molecule has 1 aromatic carbocycles. The number of carbonyl (C=O) groups is 3. The van der Waals surface area contributed by atoms with Gasteiger partial charge in [0.05, 0.1) is 12.1 Å². The first kappa shape index (κ1) is 17.6. The Hall–Kier alpha value is -2.80. The van der Waals surface area contributed by atoms with E-state index in [1.807, 2.05) is 0 Å². The van der Waals surface area contributed by atoms with E-state index < -0.39 is 17.7 Å². The maximum Gasteiger partial charge on any atom is 0.273 e. The quantitative estimate of drug-likeness (QED) is 0.732. The van der Waals surface area contributed by atoms with Crippen molar-refractivity contribution in [2.45, 2.75) is 13.8 Å². The van der Waals surface area contributed by atoms with Crippen LogP contribution in [0.4, 0.5) is 0 Å². The van der Waals surface area contributed by atoms with Crippen LogP contribution in [0.2, 0.25) is 5.02 Å². The van der Waals surface area contributed by atoms with Gasteiger partial charge >= 0.3 is 0 Å². The molecule has 0 aliphatic heterocycles. The fourth-order valence-electron chi connectivity index (χ4n) is 1.99. The lowest BCUT2D eigenvalue weighted by Gasteiger charge is -2.08. The minimum Gasteiger partial charge on any atom is -0.466 e. The number of hydrazine groups is 1. The fraction of sp³-hybridized carbons (Fsp3) is 0.188. The predicted molar refractivity (Wildman–Crippen MR) is 87.6 cm³/mol. The third-order valence-electron chi connectivity index (χ3n) is 3.10. The van der Waals surface area contributed by atoms with E-state index in [0.717, 1.165) is 0 Å². The zero-order valence-corrected chi connectivity index (χ0v) is 13.9. The molecule has 2 aromatic rings. The summed E-state index contributed by atoms with van der Waals surface area (Å²) >= 11 is 5.79. The summed E-state index contributed by atoms with van der Waals surface area (Å²) in [7, 11) is 0. The second-order valence-corrected chi connectivity index (χ2v) is 5.46. The monoisotopic (exact) mass is 349 g/mol. The molecule has 2 rings (SSSR count). The average molecular weight is 350 g/mol. The number of amides is 3. The van der Waals surface area contributed by atoms with Crippen LogP contribution in [-0.4, -0.2) is 24.3 Å². The number of aryl methyl sites for hydroxylation is 2. The van der Waals surface area contributed by atoms with Gasteiger partial charge in [0.2, 0.25) is 0 Å². The molecular formula is C16H16ClN3O4. The molecule has 0 unspecified atom stereocenters. The number of rotatable bonds is 4. The summed E-state index contributed by atoms with van der Waals surface area (Å²) in [5.41, 5.74) is 5.14. The summed E-state index contributed by atoms with van der Waals surface area (Å²) in [6.07, 6.45) is 0. The molecule has 0 radical (unpaired) electrons. The molecular weight excluding hydrogens is 334 g/mol. The van der Waals surface area contributed by atoms with Gasteiger partial charge in [-0.25, -0.2) is 0 Å². The van der Waals surface area contributed by atoms with Gasteiger partial charge in [-0.15, -0.1) is 0 Å². The Balaban J connectivity index is 1.80. The number of carbonyl (C=O) groups excluding carboxylic acids is 3. The summed E-state index contributed by atoms with van der Waals surface area (Å²) in [5, 5.41) is 2.85. The Kier molecular flexibility index (Phi) is 5.59. The molecule has 8 heteroatoms. The Morgan fingerprint density at radius 1 is 1.08 bits per heavy atom. The predicted octanol–water partition coefficient (Wildman–Crippen LogP) is 1.74. The number of nitrogens with one attached hydrogen (secondary N) is 3. The first-order valence-electron chi connectivity index (χ1n) is 7.07. The summed E-state index contributed by atoms with van der Waals surface area (Å²) in [4.78, 5) is 35.4. The summed E-state index contributed by atoms with van der Waals surface area (Å²) in [6, 6.07) is 7.90. The first-order valence-corrected chi connectivity index (χ1v) is 7.44. The minimum absolute atomic E-state index is 0.297. The summed E-state index contributed by atoms with van der Waals surface area (Å²) in [6.45, 7) is 3.07. The van der Waals surface area contributed by atoms with Crippen LogP contribution in [0.25, 0.3) is 0 Å². The van der Waals surface area contributed by atoms with Gasteiger partial charge in [0, 0.05) is 10.6 Å². The number of halogens is 1. The molecule has 126 valence electrons. The maximum atomic E-state index is 11.9. The van der Waals surface area contributed by atoms with Gasteiger partial charge in [-0.2, -0.15) is 0 Å². The van der Waals surface area contributed by atoms with Gasteiger partial charge in [0.15, 0.2) is 0 Å². The molecule has 1 heterocycles. The number of hydrogen-bond acceptors (Lipinski definition) is 4. The van der Waals surface area contributed by atoms with Crippen molar-refractivity contribution in [2.24, 2.45) is 0 Å². The Bertz CT molecular complexity index is 785. The lowest BCUT2D eigenvalue weighted by Crippen LogP contribution is -2.46. The smallest absolute Gasteiger partial charge is 0.273 e. The van der Waals surface area contributed by atoms with Crippen molar-refractivity contribution in [1.29, 1.82) is 0 Å². The molecule has 0 aliphatic carbocycles. The zero-order chi connectivity index (χ0) is 17.7. The topological polar surface area (TPSA) is 100 Å². The highest BCUT2D eigenvalue weighted by molar-refractivity contribution is 6.31. The third kappa shape index (κ3) is 4.60. The van der Waals surface area contributed by atoms with Gasteiger partial charge in [-0.1, -0.05) is 17.7 Å². The fourth-order valence-corrected chi connectivity index (χ4v) is 2.18. The largest absolute Gasteiger partial charge is 0.466 e. The van der Waals surface area contributed by atoms with E-state index >= 15 is 0 Å². The molecule has 0 saturated carbocycles. The van der Waals surface area contributed by atoms with Crippen molar-refractivity contribution in [1.82, 2.24) is 16.2 Å². The van der Waals surface area contributed by atoms with Crippen molar-refractivity contribution in [3.8, 4) is 0 Å². The van der Waals surface area contributed by atoms with Crippen LogP contribution in [0.5, 0.6) is 0 Å². The van der Waals surface area contributed by atoms with Crippen LogP contribution >= 0.6 is 11.6 Å². The van der Waals surface area contributed by atoms with E-state index in [9.17, 15) is 14.4 Å². The highest BCUT2D eigenvalue weighted by atomic mass is 35.5. The van der Waals surface area contributed by atoms with Crippen LogP contribution in [0.1, 0.15) is 32.2 Å². The van der Waals surface area contributed by atoms with Crippen molar-refractivity contribution >= 4 is 29.3 Å². The van der Waals surface area contributed by atoms with Crippen molar-refractivity contribution < 1.29 is 18.8 Å². The van der Waals surface area contributed by atoms with E-state index in [4.69, 9.17) is 16.0 Å². The molecule has 0 bridgehead atoms. The zero-order valence-electron chi connectivity index (χ0n) is 13.1. The standard InChI is InChI=1S/C16H16ClN3O4/c1-9-6-13(10(2)24-9)16(23)20-19-14(21)8-18-15(22)11-4-3-5-12(17)7-11/h3-7H,8H2,1-2H3,(H,18,22)(H,19,21)(H,20,23). The Morgan fingerprint density at radius 2 is 1.83 bits per heavy atom. The van der Waals surface area contributed by atoms with E-state index in [1.54, 1.807) is 38.1 Å². The Labute approximate surface area is 143 Å². The lowest BCUT2D eigenvalue weighted by molar-refractivity contribution is -0.120. The normalized spacial score (nSPS) is 10.1. The molecule has 0 fully saturated rings. The molecule has 1 aromatic heterocycles. The summed E-state index contributed by atoms with van der Waals surface area (Å²) < 4.78 is 5.24. The van der Waals surface area contributed by atoms with Crippen molar-refractivity contribution in [2.75, 3.05) is 6.54 Å². The average Bonchev–Trinajstić information content (AvgIpc) is 2.88. The number of furan rings is 1. The van der Waals surface area contributed by atoms with Crippen LogP contribution < -0.4 is 16.2 Å². The second kappa shape index (κ2) is 7.65. The van der Waals surface area contributed by atoms with E-state index in [0.29, 0.717) is 27.7 Å². The minimum atomic E-state index is -0.573. The van der Waals surface area contributed by atoms with Crippen molar-refractivity contribution in [3.05, 3.63) is 58.0 Å². The molecule has 0 atom stereocenters. The van der Waals surface area contributed by atoms with E-state index in [1.165, 1.54) is 6.07 Å². The highest BCUT2D eigenvalue weighted by Crippen LogP contribution is 2.13.